The van der Waals surface area contributed by atoms with E-state index >= 15 is 0 Å². The van der Waals surface area contributed by atoms with Gasteiger partial charge in [-0.2, -0.15) is 0 Å². The van der Waals surface area contributed by atoms with Crippen molar-refractivity contribution >= 4 is 28.4 Å². The van der Waals surface area contributed by atoms with Crippen LogP contribution in [0.1, 0.15) is 24.2 Å². The monoisotopic (exact) mass is 384 g/mol. The van der Waals surface area contributed by atoms with E-state index in [0.29, 0.717) is 16.2 Å². The Bertz CT molecular complexity index is 984. The molecule has 1 heterocycles. The number of likely N-dealkylation sites (N-methyl/N-ethyl adjacent to an activating group) is 1. The lowest BCUT2D eigenvalue weighted by molar-refractivity contribution is 0.0971. The standard InChI is InChI=1S/C21H25ClN4O/c1-3-24(4-2)13-14-25-18-7-5-6-8-19(18)26(21(25)23)15-20(27)16-9-11-17(22)12-10-16/h5-12,23H,3-4,13-15H2,1-2H3. The van der Waals surface area contributed by atoms with E-state index in [1.54, 1.807) is 28.8 Å². The molecule has 0 aliphatic heterocycles. The van der Waals surface area contributed by atoms with E-state index in [-0.39, 0.29) is 12.3 Å². The summed E-state index contributed by atoms with van der Waals surface area (Å²) in [7, 11) is 0. The quantitative estimate of drug-likeness (QED) is 0.600. The predicted octanol–water partition coefficient (Wildman–Crippen LogP) is 3.80. The Morgan fingerprint density at radius 1 is 1.00 bits per heavy atom. The molecule has 0 fully saturated rings. The van der Waals surface area contributed by atoms with E-state index in [2.05, 4.69) is 18.7 Å². The lowest BCUT2D eigenvalue weighted by atomic mass is 10.1. The fourth-order valence-corrected chi connectivity index (χ4v) is 3.46. The lowest BCUT2D eigenvalue weighted by Gasteiger charge is -2.18. The molecule has 3 rings (SSSR count). The van der Waals surface area contributed by atoms with Crippen LogP contribution >= 0.6 is 11.6 Å². The first-order chi connectivity index (χ1) is 13.0. The Hall–Kier alpha value is -2.37. The molecule has 0 unspecified atom stereocenters. The number of nitrogens with zero attached hydrogens (tertiary/aromatic N) is 3. The summed E-state index contributed by atoms with van der Waals surface area (Å²) < 4.78 is 3.78. The summed E-state index contributed by atoms with van der Waals surface area (Å²) in [6.07, 6.45) is 0. The second-order valence-electron chi connectivity index (χ2n) is 6.51. The Kier molecular flexibility index (Phi) is 6.14. The summed E-state index contributed by atoms with van der Waals surface area (Å²) in [5.41, 5.74) is 2.85. The van der Waals surface area contributed by atoms with Crippen molar-refractivity contribution in [3.8, 4) is 0 Å². The average Bonchev–Trinajstić information content (AvgIpc) is 2.95. The van der Waals surface area contributed by atoms with Crippen molar-refractivity contribution in [1.82, 2.24) is 14.0 Å². The average molecular weight is 385 g/mol. The SMILES string of the molecule is CCN(CC)CCn1c(=N)n(CC(=O)c2ccc(Cl)cc2)c2ccccc21. The molecule has 0 atom stereocenters. The third-order valence-electron chi connectivity index (χ3n) is 4.98. The number of Topliss-reactive ketones (excluding diaryl/α,β-unsaturated/α-hetero) is 1. The lowest BCUT2D eigenvalue weighted by Crippen LogP contribution is -2.32. The summed E-state index contributed by atoms with van der Waals surface area (Å²) in [5, 5.41) is 9.26. The van der Waals surface area contributed by atoms with Crippen molar-refractivity contribution in [2.75, 3.05) is 19.6 Å². The highest BCUT2D eigenvalue weighted by Crippen LogP contribution is 2.15. The molecule has 0 amide bonds. The predicted molar refractivity (Wildman–Crippen MR) is 109 cm³/mol. The summed E-state index contributed by atoms with van der Waals surface area (Å²) in [5.74, 6) is -0.0307. The third kappa shape index (κ3) is 4.15. The highest BCUT2D eigenvalue weighted by atomic mass is 35.5. The van der Waals surface area contributed by atoms with Gasteiger partial charge in [0.15, 0.2) is 5.78 Å². The number of hydrogen-bond donors (Lipinski definition) is 1. The van der Waals surface area contributed by atoms with Crippen molar-refractivity contribution in [2.24, 2.45) is 0 Å². The molecule has 27 heavy (non-hydrogen) atoms. The Balaban J connectivity index is 1.93. The second kappa shape index (κ2) is 8.55. The molecular weight excluding hydrogens is 360 g/mol. The maximum atomic E-state index is 12.7. The number of hydrogen-bond acceptors (Lipinski definition) is 3. The van der Waals surface area contributed by atoms with E-state index in [1.165, 1.54) is 0 Å². The number of aromatic nitrogens is 2. The Morgan fingerprint density at radius 2 is 1.59 bits per heavy atom. The van der Waals surface area contributed by atoms with Gasteiger partial charge < -0.3 is 14.0 Å². The van der Waals surface area contributed by atoms with Crippen molar-refractivity contribution < 1.29 is 4.79 Å². The fourth-order valence-electron chi connectivity index (χ4n) is 3.33. The van der Waals surface area contributed by atoms with E-state index in [0.717, 1.165) is 37.2 Å². The largest absolute Gasteiger partial charge is 0.309 e. The van der Waals surface area contributed by atoms with Crippen LogP contribution in [-0.4, -0.2) is 39.5 Å². The fraction of sp³-hybridized carbons (Fsp3) is 0.333. The Morgan fingerprint density at radius 3 is 2.19 bits per heavy atom. The van der Waals surface area contributed by atoms with Crippen LogP contribution in [0.15, 0.2) is 48.5 Å². The van der Waals surface area contributed by atoms with Gasteiger partial charge in [-0.1, -0.05) is 37.6 Å². The van der Waals surface area contributed by atoms with E-state index in [4.69, 9.17) is 17.0 Å². The van der Waals surface area contributed by atoms with Gasteiger partial charge >= 0.3 is 0 Å². The molecule has 1 N–H and O–H groups in total. The zero-order chi connectivity index (χ0) is 19.4. The van der Waals surface area contributed by atoms with Gasteiger partial charge in [0.25, 0.3) is 0 Å². The number of ketones is 1. The molecule has 0 radical (unpaired) electrons. The molecule has 3 aromatic rings. The highest BCUT2D eigenvalue weighted by molar-refractivity contribution is 6.30. The van der Waals surface area contributed by atoms with E-state index < -0.39 is 0 Å². The first kappa shape index (κ1) is 19.4. The number of carbonyl (C=O) groups is 1. The highest BCUT2D eigenvalue weighted by Gasteiger charge is 2.15. The van der Waals surface area contributed by atoms with Crippen LogP contribution in [0.2, 0.25) is 5.02 Å². The van der Waals surface area contributed by atoms with Gasteiger partial charge in [-0.15, -0.1) is 0 Å². The van der Waals surface area contributed by atoms with Crippen molar-refractivity contribution in [3.63, 3.8) is 0 Å². The van der Waals surface area contributed by atoms with Crippen LogP contribution in [0.3, 0.4) is 0 Å². The molecule has 0 aliphatic carbocycles. The van der Waals surface area contributed by atoms with E-state index in [9.17, 15) is 4.79 Å². The third-order valence-corrected chi connectivity index (χ3v) is 5.23. The number of carbonyl (C=O) groups excluding carboxylic acids is 1. The smallest absolute Gasteiger partial charge is 0.203 e. The van der Waals surface area contributed by atoms with Gasteiger partial charge in [-0.25, -0.2) is 0 Å². The van der Waals surface area contributed by atoms with Crippen molar-refractivity contribution in [2.45, 2.75) is 26.9 Å². The maximum absolute atomic E-state index is 12.7. The zero-order valence-electron chi connectivity index (χ0n) is 15.8. The molecule has 1 aromatic heterocycles. The van der Waals surface area contributed by atoms with Gasteiger partial charge in [0.2, 0.25) is 5.62 Å². The first-order valence-corrected chi connectivity index (χ1v) is 9.66. The van der Waals surface area contributed by atoms with Crippen molar-refractivity contribution in [3.05, 3.63) is 64.7 Å². The van der Waals surface area contributed by atoms with Crippen molar-refractivity contribution in [1.29, 1.82) is 5.41 Å². The van der Waals surface area contributed by atoms with Gasteiger partial charge in [-0.05, 0) is 49.5 Å². The van der Waals surface area contributed by atoms with Crippen LogP contribution in [-0.2, 0) is 13.1 Å². The normalized spacial score (nSPS) is 11.4. The van der Waals surface area contributed by atoms with Crippen LogP contribution in [0, 0.1) is 5.41 Å². The van der Waals surface area contributed by atoms with Crippen LogP contribution in [0.4, 0.5) is 0 Å². The molecule has 142 valence electrons. The minimum absolute atomic E-state index is 0.0307. The number of nitrogens with one attached hydrogen (secondary N) is 1. The number of benzene rings is 2. The zero-order valence-corrected chi connectivity index (χ0v) is 16.5. The summed E-state index contributed by atoms with van der Waals surface area (Å²) in [4.78, 5) is 15.1. The number of para-hydroxylation sites is 2. The van der Waals surface area contributed by atoms with Gasteiger partial charge in [-0.3, -0.25) is 10.2 Å². The van der Waals surface area contributed by atoms with E-state index in [1.807, 2.05) is 28.8 Å². The molecule has 5 nitrogen and oxygen atoms in total. The molecule has 2 aromatic carbocycles. The van der Waals surface area contributed by atoms with Gasteiger partial charge in [0.05, 0.1) is 17.6 Å². The van der Waals surface area contributed by atoms with Crippen LogP contribution in [0.25, 0.3) is 11.0 Å². The van der Waals surface area contributed by atoms with Gasteiger partial charge in [0, 0.05) is 23.7 Å². The molecular formula is C21H25ClN4O. The van der Waals surface area contributed by atoms with Crippen LogP contribution < -0.4 is 5.62 Å². The molecule has 0 bridgehead atoms. The molecule has 0 saturated carbocycles. The van der Waals surface area contributed by atoms with Gasteiger partial charge in [0.1, 0.15) is 0 Å². The second-order valence-corrected chi connectivity index (χ2v) is 6.94. The molecule has 0 saturated heterocycles. The van der Waals surface area contributed by atoms with Crippen LogP contribution in [0.5, 0.6) is 0 Å². The molecule has 0 aliphatic rings. The number of imidazole rings is 1. The number of halogens is 1. The molecule has 6 heteroatoms. The summed E-state index contributed by atoms with van der Waals surface area (Å²) in [6.45, 7) is 7.99. The number of rotatable bonds is 8. The maximum Gasteiger partial charge on any atom is 0.203 e. The topological polar surface area (TPSA) is 54.0 Å². The Labute approximate surface area is 164 Å². The summed E-state index contributed by atoms with van der Waals surface area (Å²) >= 11 is 5.91. The summed E-state index contributed by atoms with van der Waals surface area (Å²) in [6, 6.07) is 14.8. The number of fused-ring (bicyclic) bond motifs is 1. The minimum Gasteiger partial charge on any atom is -0.309 e. The minimum atomic E-state index is -0.0307. The molecule has 0 spiro atoms. The first-order valence-electron chi connectivity index (χ1n) is 9.29.